The summed E-state index contributed by atoms with van der Waals surface area (Å²) in [7, 11) is 0. The van der Waals surface area contributed by atoms with E-state index >= 15 is 0 Å². The molecule has 0 atom stereocenters. The van der Waals surface area contributed by atoms with Crippen molar-refractivity contribution in [2.45, 2.75) is 0 Å². The van der Waals surface area contributed by atoms with Gasteiger partial charge in [-0.3, -0.25) is 14.9 Å². The summed E-state index contributed by atoms with van der Waals surface area (Å²) in [6, 6.07) is 4.50. The number of fused-ring (bicyclic) bond motifs is 1. The lowest BCUT2D eigenvalue weighted by molar-refractivity contribution is -0.465. The summed E-state index contributed by atoms with van der Waals surface area (Å²) >= 11 is 0. The molecule has 0 amide bonds. The molecule has 0 spiro atoms. The molecule has 1 aromatic rings. The quantitative estimate of drug-likeness (QED) is 0.419. The van der Waals surface area contributed by atoms with Crippen LogP contribution in [0.1, 0.15) is 10.4 Å². The maximum atomic E-state index is 11.3. The van der Waals surface area contributed by atoms with Gasteiger partial charge in [-0.1, -0.05) is 0 Å². The number of nitro groups is 1. The molecule has 0 N–H and O–H groups in total. The number of hydrogen-bond donors (Lipinski definition) is 0. The highest BCUT2D eigenvalue weighted by Crippen LogP contribution is 2.32. The number of ketones is 1. The van der Waals surface area contributed by atoms with Gasteiger partial charge in [-0.25, -0.2) is 0 Å². The van der Waals surface area contributed by atoms with E-state index in [1.165, 1.54) is 12.1 Å². The number of nitrogens with zero attached hydrogens (tertiary/aromatic N) is 1. The molecule has 0 aromatic heterocycles. The highest BCUT2D eigenvalue weighted by molar-refractivity contribution is 5.97. The van der Waals surface area contributed by atoms with E-state index in [-0.39, 0.29) is 12.4 Å². The Morgan fingerprint density at radius 3 is 2.87 bits per heavy atom. The first-order valence-electron chi connectivity index (χ1n) is 4.21. The van der Waals surface area contributed by atoms with Crippen molar-refractivity contribution < 1.29 is 19.2 Å². The molecular formula is C9H7NO5. The molecule has 0 saturated carbocycles. The van der Waals surface area contributed by atoms with Crippen molar-refractivity contribution in [1.82, 2.24) is 0 Å². The summed E-state index contributed by atoms with van der Waals surface area (Å²) in [6.07, 6.45) is 0. The highest BCUT2D eigenvalue weighted by atomic mass is 16.7. The van der Waals surface area contributed by atoms with Gasteiger partial charge in [0.25, 0.3) is 6.54 Å². The molecule has 0 aliphatic carbocycles. The SMILES string of the molecule is O=C(C[N+](=O)[O-])c1ccc2c(c1)OCO2. The molecule has 1 aromatic carbocycles. The molecule has 1 heterocycles. The Kier molecular flexibility index (Phi) is 2.24. The number of carbonyl (C=O) groups is 1. The Morgan fingerprint density at radius 1 is 1.40 bits per heavy atom. The van der Waals surface area contributed by atoms with Crippen LogP contribution in [0.15, 0.2) is 18.2 Å². The van der Waals surface area contributed by atoms with Crippen LogP contribution >= 0.6 is 0 Å². The van der Waals surface area contributed by atoms with Crippen LogP contribution in [0.5, 0.6) is 11.5 Å². The Labute approximate surface area is 84.6 Å². The van der Waals surface area contributed by atoms with E-state index in [4.69, 9.17) is 9.47 Å². The number of carbonyl (C=O) groups excluding carboxylic acids is 1. The average molecular weight is 209 g/mol. The normalized spacial score (nSPS) is 12.5. The maximum absolute atomic E-state index is 11.3. The van der Waals surface area contributed by atoms with Crippen LogP contribution in [0.2, 0.25) is 0 Å². The molecule has 0 unspecified atom stereocenters. The molecule has 2 rings (SSSR count). The van der Waals surface area contributed by atoms with Crippen LogP contribution in [0, 0.1) is 10.1 Å². The van der Waals surface area contributed by atoms with Gasteiger partial charge in [-0.05, 0) is 18.2 Å². The van der Waals surface area contributed by atoms with E-state index in [9.17, 15) is 14.9 Å². The molecular weight excluding hydrogens is 202 g/mol. The van der Waals surface area contributed by atoms with Crippen LogP contribution in [0.25, 0.3) is 0 Å². The lowest BCUT2D eigenvalue weighted by Crippen LogP contribution is -2.13. The second-order valence-electron chi connectivity index (χ2n) is 2.98. The third-order valence-corrected chi connectivity index (χ3v) is 1.97. The van der Waals surface area contributed by atoms with Crippen molar-refractivity contribution >= 4 is 5.78 Å². The minimum atomic E-state index is -0.709. The van der Waals surface area contributed by atoms with Crippen molar-refractivity contribution in [3.05, 3.63) is 33.9 Å². The predicted molar refractivity (Wildman–Crippen MR) is 48.8 cm³/mol. The van der Waals surface area contributed by atoms with Gasteiger partial charge in [0.2, 0.25) is 12.6 Å². The number of hydrogen-bond acceptors (Lipinski definition) is 5. The first-order valence-corrected chi connectivity index (χ1v) is 4.21. The van der Waals surface area contributed by atoms with Crippen molar-refractivity contribution in [2.75, 3.05) is 13.3 Å². The van der Waals surface area contributed by atoms with Gasteiger partial charge in [0.15, 0.2) is 11.5 Å². The first-order chi connectivity index (χ1) is 7.16. The van der Waals surface area contributed by atoms with E-state index in [0.717, 1.165) is 0 Å². The fraction of sp³-hybridized carbons (Fsp3) is 0.222. The summed E-state index contributed by atoms with van der Waals surface area (Å²) in [5.41, 5.74) is 0.260. The average Bonchev–Trinajstić information content (AvgIpc) is 2.62. The number of benzene rings is 1. The smallest absolute Gasteiger partial charge is 0.265 e. The lowest BCUT2D eigenvalue weighted by Gasteiger charge is -1.98. The van der Waals surface area contributed by atoms with Crippen LogP contribution < -0.4 is 9.47 Å². The largest absolute Gasteiger partial charge is 0.454 e. The first kappa shape index (κ1) is 9.45. The van der Waals surface area contributed by atoms with Gasteiger partial charge in [0.05, 0.1) is 0 Å². The molecule has 0 radical (unpaired) electrons. The fourth-order valence-electron chi connectivity index (χ4n) is 1.28. The zero-order valence-corrected chi connectivity index (χ0v) is 7.63. The molecule has 0 saturated heterocycles. The Bertz CT molecular complexity index is 429. The number of rotatable bonds is 3. The number of Topliss-reactive ketones (excluding diaryl/α,β-unsaturated/α-hetero) is 1. The minimum Gasteiger partial charge on any atom is -0.454 e. The van der Waals surface area contributed by atoms with Gasteiger partial charge >= 0.3 is 0 Å². The van der Waals surface area contributed by atoms with Gasteiger partial charge < -0.3 is 9.47 Å². The number of ether oxygens (including phenoxy) is 2. The van der Waals surface area contributed by atoms with E-state index in [1.54, 1.807) is 6.07 Å². The van der Waals surface area contributed by atoms with Crippen molar-refractivity contribution in [3.8, 4) is 11.5 Å². The molecule has 0 fully saturated rings. The molecule has 6 heteroatoms. The predicted octanol–water partition coefficient (Wildman–Crippen LogP) is 0.875. The van der Waals surface area contributed by atoms with E-state index in [2.05, 4.69) is 0 Å². The third-order valence-electron chi connectivity index (χ3n) is 1.97. The molecule has 0 bridgehead atoms. The summed E-state index contributed by atoms with van der Waals surface area (Å²) in [5.74, 6) is 0.454. The monoisotopic (exact) mass is 209 g/mol. The lowest BCUT2D eigenvalue weighted by atomic mass is 10.1. The Morgan fingerprint density at radius 2 is 2.13 bits per heavy atom. The Balaban J connectivity index is 2.23. The van der Waals surface area contributed by atoms with Crippen LogP contribution in [0.3, 0.4) is 0 Å². The van der Waals surface area contributed by atoms with Crippen LogP contribution in [0.4, 0.5) is 0 Å². The standard InChI is InChI=1S/C9H7NO5/c11-7(4-10(12)13)6-1-2-8-9(3-6)15-5-14-8/h1-3H,4-5H2. The minimum absolute atomic E-state index is 0.113. The van der Waals surface area contributed by atoms with Crippen LogP contribution in [-0.2, 0) is 0 Å². The van der Waals surface area contributed by atoms with Gasteiger partial charge in [0.1, 0.15) is 0 Å². The van der Waals surface area contributed by atoms with Gasteiger partial charge in [-0.15, -0.1) is 0 Å². The summed E-state index contributed by atoms with van der Waals surface area (Å²) < 4.78 is 10.1. The van der Waals surface area contributed by atoms with Gasteiger partial charge in [-0.2, -0.15) is 0 Å². The summed E-state index contributed by atoms with van der Waals surface area (Å²) in [6.45, 7) is -0.595. The molecule has 78 valence electrons. The highest BCUT2D eigenvalue weighted by Gasteiger charge is 2.18. The van der Waals surface area contributed by atoms with Crippen molar-refractivity contribution in [3.63, 3.8) is 0 Å². The molecule has 15 heavy (non-hydrogen) atoms. The van der Waals surface area contributed by atoms with Crippen LogP contribution in [-0.4, -0.2) is 24.0 Å². The van der Waals surface area contributed by atoms with E-state index < -0.39 is 17.3 Å². The molecule has 1 aliphatic rings. The zero-order chi connectivity index (χ0) is 10.8. The van der Waals surface area contributed by atoms with Crippen molar-refractivity contribution in [2.24, 2.45) is 0 Å². The molecule has 1 aliphatic heterocycles. The zero-order valence-electron chi connectivity index (χ0n) is 7.63. The second kappa shape index (κ2) is 3.56. The summed E-state index contributed by atoms with van der Waals surface area (Å²) in [4.78, 5) is 20.8. The molecule has 6 nitrogen and oxygen atoms in total. The van der Waals surface area contributed by atoms with Gasteiger partial charge in [0, 0.05) is 10.5 Å². The van der Waals surface area contributed by atoms with Crippen molar-refractivity contribution in [1.29, 1.82) is 0 Å². The van der Waals surface area contributed by atoms with E-state index in [1.807, 2.05) is 0 Å². The topological polar surface area (TPSA) is 78.7 Å². The Hall–Kier alpha value is -2.11. The fourth-order valence-corrected chi connectivity index (χ4v) is 1.28. The third kappa shape index (κ3) is 1.88. The van der Waals surface area contributed by atoms with E-state index in [0.29, 0.717) is 11.5 Å². The second-order valence-corrected chi connectivity index (χ2v) is 2.98. The summed E-state index contributed by atoms with van der Waals surface area (Å²) in [5, 5.41) is 10.1. The maximum Gasteiger partial charge on any atom is 0.265 e.